The lowest BCUT2D eigenvalue weighted by molar-refractivity contribution is -0.121. The SMILES string of the molecule is COc1ccc(C(=O)N2CCC(C(=O)Nc3ccc(Cl)cc3C)CC2)cc1OC. The summed E-state index contributed by atoms with van der Waals surface area (Å²) in [6, 6.07) is 10.5. The second-order valence-corrected chi connectivity index (χ2v) is 7.52. The molecule has 2 amide bonds. The predicted molar refractivity (Wildman–Crippen MR) is 113 cm³/mol. The van der Waals surface area contributed by atoms with E-state index >= 15 is 0 Å². The lowest BCUT2D eigenvalue weighted by atomic mass is 9.95. The fourth-order valence-electron chi connectivity index (χ4n) is 3.50. The van der Waals surface area contributed by atoms with Crippen LogP contribution in [0.15, 0.2) is 36.4 Å². The maximum Gasteiger partial charge on any atom is 0.253 e. The number of amides is 2. The van der Waals surface area contributed by atoms with Crippen molar-refractivity contribution >= 4 is 29.1 Å². The Hall–Kier alpha value is -2.73. The van der Waals surface area contributed by atoms with Gasteiger partial charge in [-0.1, -0.05) is 11.6 Å². The summed E-state index contributed by atoms with van der Waals surface area (Å²) in [6.45, 7) is 2.97. The minimum absolute atomic E-state index is 0.0198. The summed E-state index contributed by atoms with van der Waals surface area (Å²) < 4.78 is 10.5. The molecule has 29 heavy (non-hydrogen) atoms. The largest absolute Gasteiger partial charge is 0.493 e. The van der Waals surface area contributed by atoms with Gasteiger partial charge >= 0.3 is 0 Å². The van der Waals surface area contributed by atoms with Gasteiger partial charge in [0.25, 0.3) is 5.91 Å². The molecule has 1 fully saturated rings. The predicted octanol–water partition coefficient (Wildman–Crippen LogP) is 4.16. The van der Waals surface area contributed by atoms with Gasteiger partial charge in [-0.25, -0.2) is 0 Å². The second kappa shape index (κ2) is 9.18. The van der Waals surface area contributed by atoms with Crippen LogP contribution in [0.1, 0.15) is 28.8 Å². The van der Waals surface area contributed by atoms with Gasteiger partial charge in [-0.2, -0.15) is 0 Å². The number of carbonyl (C=O) groups is 2. The highest BCUT2D eigenvalue weighted by atomic mass is 35.5. The van der Waals surface area contributed by atoms with Crippen molar-refractivity contribution in [3.63, 3.8) is 0 Å². The number of methoxy groups -OCH3 is 2. The van der Waals surface area contributed by atoms with Crippen molar-refractivity contribution in [3.8, 4) is 11.5 Å². The van der Waals surface area contributed by atoms with Gasteiger partial charge in [0.05, 0.1) is 14.2 Å². The van der Waals surface area contributed by atoms with Gasteiger partial charge in [0.2, 0.25) is 5.91 Å². The van der Waals surface area contributed by atoms with E-state index in [1.807, 2.05) is 19.1 Å². The number of halogens is 1. The third-order valence-electron chi connectivity index (χ3n) is 5.23. The van der Waals surface area contributed by atoms with E-state index in [0.717, 1.165) is 11.3 Å². The van der Waals surface area contributed by atoms with Crippen molar-refractivity contribution < 1.29 is 19.1 Å². The molecule has 1 saturated heterocycles. The van der Waals surface area contributed by atoms with Crippen LogP contribution in [0, 0.1) is 12.8 Å². The van der Waals surface area contributed by atoms with Gasteiger partial charge in [0.1, 0.15) is 0 Å². The maximum absolute atomic E-state index is 12.8. The van der Waals surface area contributed by atoms with Crippen molar-refractivity contribution in [2.45, 2.75) is 19.8 Å². The van der Waals surface area contributed by atoms with Crippen LogP contribution >= 0.6 is 11.6 Å². The molecule has 0 atom stereocenters. The monoisotopic (exact) mass is 416 g/mol. The highest BCUT2D eigenvalue weighted by molar-refractivity contribution is 6.30. The van der Waals surface area contributed by atoms with Gasteiger partial charge in [0, 0.05) is 35.3 Å². The fraction of sp³-hybridized carbons (Fsp3) is 0.364. The fourth-order valence-corrected chi connectivity index (χ4v) is 3.73. The number of nitrogens with zero attached hydrogens (tertiary/aromatic N) is 1. The van der Waals surface area contributed by atoms with Crippen LogP contribution in [0.2, 0.25) is 5.02 Å². The number of benzene rings is 2. The molecule has 0 radical (unpaired) electrons. The highest BCUT2D eigenvalue weighted by Gasteiger charge is 2.28. The molecule has 0 saturated carbocycles. The zero-order chi connectivity index (χ0) is 21.0. The van der Waals surface area contributed by atoms with Crippen LogP contribution in [0.5, 0.6) is 11.5 Å². The molecule has 0 unspecified atom stereocenters. The van der Waals surface area contributed by atoms with Gasteiger partial charge < -0.3 is 19.7 Å². The molecule has 0 bridgehead atoms. The number of likely N-dealkylation sites (tertiary alicyclic amines) is 1. The van der Waals surface area contributed by atoms with E-state index in [2.05, 4.69) is 5.32 Å². The quantitative estimate of drug-likeness (QED) is 0.794. The summed E-state index contributed by atoms with van der Waals surface area (Å²) in [5.74, 6) is 0.884. The number of hydrogen-bond donors (Lipinski definition) is 1. The molecule has 1 aliphatic heterocycles. The van der Waals surface area contributed by atoms with E-state index in [9.17, 15) is 9.59 Å². The Morgan fingerprint density at radius 1 is 1.03 bits per heavy atom. The summed E-state index contributed by atoms with van der Waals surface area (Å²) in [6.07, 6.45) is 1.25. The van der Waals surface area contributed by atoms with Crippen LogP contribution in [-0.2, 0) is 4.79 Å². The van der Waals surface area contributed by atoms with Crippen molar-refractivity contribution in [2.75, 3.05) is 32.6 Å². The Morgan fingerprint density at radius 3 is 2.34 bits per heavy atom. The van der Waals surface area contributed by atoms with Gasteiger partial charge in [0.15, 0.2) is 11.5 Å². The lowest BCUT2D eigenvalue weighted by Crippen LogP contribution is -2.41. The van der Waals surface area contributed by atoms with Gasteiger partial charge in [-0.15, -0.1) is 0 Å². The Labute approximate surface area is 175 Å². The lowest BCUT2D eigenvalue weighted by Gasteiger charge is -2.31. The summed E-state index contributed by atoms with van der Waals surface area (Å²) in [4.78, 5) is 27.2. The smallest absolute Gasteiger partial charge is 0.253 e. The highest BCUT2D eigenvalue weighted by Crippen LogP contribution is 2.29. The van der Waals surface area contributed by atoms with Crippen LogP contribution in [0.25, 0.3) is 0 Å². The summed E-state index contributed by atoms with van der Waals surface area (Å²) in [5.41, 5.74) is 2.23. The Bertz CT molecular complexity index is 908. The molecule has 2 aromatic carbocycles. The molecule has 1 heterocycles. The van der Waals surface area contributed by atoms with Gasteiger partial charge in [-0.05, 0) is 61.7 Å². The molecule has 7 heteroatoms. The van der Waals surface area contributed by atoms with Crippen molar-refractivity contribution in [1.82, 2.24) is 4.90 Å². The van der Waals surface area contributed by atoms with E-state index in [1.165, 1.54) is 0 Å². The number of aryl methyl sites for hydroxylation is 1. The first-order chi connectivity index (χ1) is 13.9. The standard InChI is InChI=1S/C22H25ClN2O4/c1-14-12-17(23)5-6-18(14)24-21(26)15-8-10-25(11-9-15)22(27)16-4-7-19(28-2)20(13-16)29-3/h4-7,12-13,15H,8-11H2,1-3H3,(H,24,26). The number of hydrogen-bond acceptors (Lipinski definition) is 4. The topological polar surface area (TPSA) is 67.9 Å². The van der Waals surface area contributed by atoms with Crippen LogP contribution in [0.3, 0.4) is 0 Å². The van der Waals surface area contributed by atoms with Crippen molar-refractivity contribution in [2.24, 2.45) is 5.92 Å². The first kappa shape index (κ1) is 21.0. The summed E-state index contributed by atoms with van der Waals surface area (Å²) >= 11 is 5.97. The van der Waals surface area contributed by atoms with Crippen LogP contribution in [0.4, 0.5) is 5.69 Å². The average Bonchev–Trinajstić information content (AvgIpc) is 2.74. The van der Waals surface area contributed by atoms with Crippen molar-refractivity contribution in [1.29, 1.82) is 0 Å². The van der Waals surface area contributed by atoms with E-state index in [4.69, 9.17) is 21.1 Å². The van der Waals surface area contributed by atoms with E-state index in [-0.39, 0.29) is 17.7 Å². The third-order valence-corrected chi connectivity index (χ3v) is 5.46. The Morgan fingerprint density at radius 2 is 1.72 bits per heavy atom. The second-order valence-electron chi connectivity index (χ2n) is 7.08. The molecular formula is C22H25ClN2O4. The molecule has 0 aliphatic carbocycles. The summed E-state index contributed by atoms with van der Waals surface area (Å²) in [5, 5.41) is 3.62. The molecule has 154 valence electrons. The number of rotatable bonds is 5. The van der Waals surface area contributed by atoms with E-state index < -0.39 is 0 Å². The number of nitrogens with one attached hydrogen (secondary N) is 1. The molecule has 6 nitrogen and oxygen atoms in total. The van der Waals surface area contributed by atoms with E-state index in [1.54, 1.807) is 43.4 Å². The molecule has 3 rings (SSSR count). The molecule has 0 spiro atoms. The normalized spacial score (nSPS) is 14.4. The average molecular weight is 417 g/mol. The summed E-state index contributed by atoms with van der Waals surface area (Å²) in [7, 11) is 3.10. The first-order valence-corrected chi connectivity index (χ1v) is 9.89. The zero-order valence-corrected chi connectivity index (χ0v) is 17.6. The molecule has 0 aromatic heterocycles. The first-order valence-electron chi connectivity index (χ1n) is 9.51. The number of carbonyl (C=O) groups excluding carboxylic acids is 2. The Kier molecular flexibility index (Phi) is 6.64. The molecule has 1 aliphatic rings. The minimum atomic E-state index is -0.125. The zero-order valence-electron chi connectivity index (χ0n) is 16.8. The molecular weight excluding hydrogens is 392 g/mol. The number of anilines is 1. The van der Waals surface area contributed by atoms with Crippen molar-refractivity contribution in [3.05, 3.63) is 52.5 Å². The van der Waals surface area contributed by atoms with Crippen LogP contribution in [-0.4, -0.2) is 44.0 Å². The Balaban J connectivity index is 1.59. The molecule has 2 aromatic rings. The van der Waals surface area contributed by atoms with Crippen LogP contribution < -0.4 is 14.8 Å². The number of piperidine rings is 1. The van der Waals surface area contributed by atoms with Gasteiger partial charge in [-0.3, -0.25) is 9.59 Å². The van der Waals surface area contributed by atoms with E-state index in [0.29, 0.717) is 48.0 Å². The minimum Gasteiger partial charge on any atom is -0.493 e. The number of ether oxygens (including phenoxy) is 2. The molecule has 1 N–H and O–H groups in total. The maximum atomic E-state index is 12.8. The third kappa shape index (κ3) is 4.82.